The monoisotopic (exact) mass is 541 g/mol. The molecule has 0 aliphatic rings. The number of benzene rings is 2. The zero-order valence-electron chi connectivity index (χ0n) is 22.8. The fraction of sp³-hybridized carbons (Fsp3) is 0.370. The molecule has 2 N–H and O–H groups in total. The van der Waals surface area contributed by atoms with E-state index in [1.807, 2.05) is 32.9 Å². The minimum absolute atomic E-state index is 0.0198. The highest BCUT2D eigenvalue weighted by Gasteiger charge is 2.30. The molecule has 1 heterocycles. The molecule has 38 heavy (non-hydrogen) atoms. The van der Waals surface area contributed by atoms with Gasteiger partial charge in [0.25, 0.3) is 0 Å². The Labute approximate surface area is 224 Å². The lowest BCUT2D eigenvalue weighted by molar-refractivity contribution is -0.116. The number of nitrogens with zero attached hydrogens (tertiary/aromatic N) is 3. The average Bonchev–Trinajstić information content (AvgIpc) is 3.26. The van der Waals surface area contributed by atoms with Gasteiger partial charge in [-0.05, 0) is 62.4 Å². The fourth-order valence-corrected chi connectivity index (χ4v) is 5.27. The Hall–Kier alpha value is -3.70. The summed E-state index contributed by atoms with van der Waals surface area (Å²) >= 11 is 0. The summed E-state index contributed by atoms with van der Waals surface area (Å²) in [7, 11) is -2.42. The standard InChI is InChI=1S/C27H35N5O5S/c1-18(2)31(38(35,36)23-14-8-20(9-15-23)28-19(3)33)17-26(34)29-25-16-24(27(4,5)6)30-32(25)21-10-12-22(37-7)13-11-21/h8-16,18H,17H2,1-7H3,(H,28,33)(H,29,34). The average molecular weight is 542 g/mol. The second kappa shape index (κ2) is 11.4. The summed E-state index contributed by atoms with van der Waals surface area (Å²) in [6.45, 7) is 10.4. The Kier molecular flexibility index (Phi) is 8.63. The lowest BCUT2D eigenvalue weighted by Crippen LogP contribution is -2.42. The number of rotatable bonds is 9. The van der Waals surface area contributed by atoms with Gasteiger partial charge in [0.1, 0.15) is 11.6 Å². The van der Waals surface area contributed by atoms with Crippen molar-refractivity contribution >= 4 is 33.3 Å². The second-order valence-electron chi connectivity index (χ2n) is 10.2. The Morgan fingerprint density at radius 3 is 2.13 bits per heavy atom. The zero-order valence-corrected chi connectivity index (χ0v) is 23.6. The van der Waals surface area contributed by atoms with Crippen LogP contribution in [0.25, 0.3) is 5.69 Å². The number of sulfonamides is 1. The van der Waals surface area contributed by atoms with Gasteiger partial charge >= 0.3 is 0 Å². The van der Waals surface area contributed by atoms with E-state index in [9.17, 15) is 18.0 Å². The van der Waals surface area contributed by atoms with Crippen LogP contribution in [0.15, 0.2) is 59.5 Å². The second-order valence-corrected chi connectivity index (χ2v) is 12.1. The fourth-order valence-electron chi connectivity index (χ4n) is 3.67. The number of hydrogen-bond donors (Lipinski definition) is 2. The molecule has 0 saturated carbocycles. The molecule has 0 spiro atoms. The van der Waals surface area contributed by atoms with Gasteiger partial charge in [0, 0.05) is 30.1 Å². The van der Waals surface area contributed by atoms with Crippen molar-refractivity contribution < 1.29 is 22.7 Å². The van der Waals surface area contributed by atoms with Crippen molar-refractivity contribution in [2.45, 2.75) is 57.9 Å². The van der Waals surface area contributed by atoms with E-state index in [1.54, 1.807) is 43.8 Å². The quantitative estimate of drug-likeness (QED) is 0.419. The van der Waals surface area contributed by atoms with Gasteiger partial charge in [-0.2, -0.15) is 9.40 Å². The summed E-state index contributed by atoms with van der Waals surface area (Å²) in [6, 6.07) is 14.4. The first-order valence-corrected chi connectivity index (χ1v) is 13.6. The number of hydrogen-bond acceptors (Lipinski definition) is 6. The van der Waals surface area contributed by atoms with Crippen LogP contribution in [0.5, 0.6) is 5.75 Å². The predicted octanol–water partition coefficient (Wildman–Crippen LogP) is 4.17. The molecule has 11 heteroatoms. The number of amides is 2. The van der Waals surface area contributed by atoms with Gasteiger partial charge in [0.2, 0.25) is 21.8 Å². The van der Waals surface area contributed by atoms with E-state index in [0.717, 1.165) is 10.00 Å². The minimum Gasteiger partial charge on any atom is -0.497 e. The van der Waals surface area contributed by atoms with Gasteiger partial charge in [-0.3, -0.25) is 9.59 Å². The number of aromatic nitrogens is 2. The van der Waals surface area contributed by atoms with E-state index >= 15 is 0 Å². The van der Waals surface area contributed by atoms with E-state index in [2.05, 4.69) is 10.6 Å². The van der Waals surface area contributed by atoms with Gasteiger partial charge in [0.15, 0.2) is 0 Å². The highest BCUT2D eigenvalue weighted by Crippen LogP contribution is 2.27. The maximum atomic E-state index is 13.4. The molecular weight excluding hydrogens is 506 g/mol. The summed E-state index contributed by atoms with van der Waals surface area (Å²) < 4.78 is 34.8. The molecule has 1 aromatic heterocycles. The van der Waals surface area contributed by atoms with Crippen LogP contribution in [0, 0.1) is 0 Å². The summed E-state index contributed by atoms with van der Waals surface area (Å²) in [6.07, 6.45) is 0. The van der Waals surface area contributed by atoms with Gasteiger partial charge in [-0.15, -0.1) is 0 Å². The topological polar surface area (TPSA) is 123 Å². The SMILES string of the molecule is COc1ccc(-n2nc(C(C)(C)C)cc2NC(=O)CN(C(C)C)S(=O)(=O)c2ccc(NC(C)=O)cc2)cc1. The van der Waals surface area contributed by atoms with Crippen molar-refractivity contribution in [3.05, 3.63) is 60.3 Å². The van der Waals surface area contributed by atoms with Crippen LogP contribution in [-0.4, -0.2) is 54.0 Å². The molecule has 0 aliphatic heterocycles. The normalized spacial score (nSPS) is 12.0. The Morgan fingerprint density at radius 2 is 1.63 bits per heavy atom. The largest absolute Gasteiger partial charge is 0.497 e. The minimum atomic E-state index is -4.00. The summed E-state index contributed by atoms with van der Waals surface area (Å²) in [5, 5.41) is 10.2. The third-order valence-corrected chi connectivity index (χ3v) is 7.76. The molecule has 10 nitrogen and oxygen atoms in total. The number of carbonyl (C=O) groups is 2. The summed E-state index contributed by atoms with van der Waals surface area (Å²) in [5.41, 5.74) is 1.67. The van der Waals surface area contributed by atoms with Crippen molar-refractivity contribution in [3.8, 4) is 11.4 Å². The van der Waals surface area contributed by atoms with Gasteiger partial charge in [0.05, 0.1) is 29.9 Å². The highest BCUT2D eigenvalue weighted by molar-refractivity contribution is 7.89. The van der Waals surface area contributed by atoms with Crippen LogP contribution < -0.4 is 15.4 Å². The lowest BCUT2D eigenvalue weighted by Gasteiger charge is -2.25. The summed E-state index contributed by atoms with van der Waals surface area (Å²) in [5.74, 6) is 0.341. The zero-order chi connectivity index (χ0) is 28.3. The molecule has 0 unspecified atom stereocenters. The predicted molar refractivity (Wildman–Crippen MR) is 147 cm³/mol. The van der Waals surface area contributed by atoms with Gasteiger partial charge < -0.3 is 15.4 Å². The number of ether oxygens (including phenoxy) is 1. The molecule has 3 rings (SSSR count). The van der Waals surface area contributed by atoms with E-state index in [4.69, 9.17) is 9.84 Å². The van der Waals surface area contributed by atoms with Crippen LogP contribution in [-0.2, 0) is 25.0 Å². The maximum Gasteiger partial charge on any atom is 0.243 e. The molecule has 0 radical (unpaired) electrons. The molecular formula is C27H35N5O5S. The smallest absolute Gasteiger partial charge is 0.243 e. The molecule has 2 aromatic carbocycles. The molecule has 0 atom stereocenters. The first-order valence-electron chi connectivity index (χ1n) is 12.2. The molecule has 0 bridgehead atoms. The van der Waals surface area contributed by atoms with Gasteiger partial charge in [-0.1, -0.05) is 20.8 Å². The van der Waals surface area contributed by atoms with Crippen LogP contribution in [0.1, 0.15) is 47.2 Å². The molecule has 0 aliphatic carbocycles. The van der Waals surface area contributed by atoms with E-state index < -0.39 is 28.5 Å². The van der Waals surface area contributed by atoms with Gasteiger partial charge in [-0.25, -0.2) is 13.1 Å². The van der Waals surface area contributed by atoms with Crippen LogP contribution in [0.4, 0.5) is 11.5 Å². The summed E-state index contributed by atoms with van der Waals surface area (Å²) in [4.78, 5) is 24.5. The van der Waals surface area contributed by atoms with Crippen LogP contribution in [0.3, 0.4) is 0 Å². The Bertz CT molecular complexity index is 1390. The third-order valence-electron chi connectivity index (χ3n) is 5.72. The number of methoxy groups -OCH3 is 1. The lowest BCUT2D eigenvalue weighted by atomic mass is 9.92. The van der Waals surface area contributed by atoms with Crippen molar-refractivity contribution in [3.63, 3.8) is 0 Å². The molecule has 204 valence electrons. The molecule has 0 saturated heterocycles. The van der Waals surface area contributed by atoms with Crippen molar-refractivity contribution in [1.82, 2.24) is 14.1 Å². The molecule has 0 fully saturated rings. The van der Waals surface area contributed by atoms with E-state index in [-0.39, 0.29) is 16.2 Å². The Morgan fingerprint density at radius 1 is 1.03 bits per heavy atom. The maximum absolute atomic E-state index is 13.4. The number of nitrogens with one attached hydrogen (secondary N) is 2. The molecule has 2 amide bonds. The third kappa shape index (κ3) is 6.78. The van der Waals surface area contributed by atoms with Crippen molar-refractivity contribution in [2.75, 3.05) is 24.3 Å². The van der Waals surface area contributed by atoms with E-state index in [0.29, 0.717) is 22.9 Å². The molecule has 3 aromatic rings. The number of carbonyl (C=O) groups excluding carboxylic acids is 2. The van der Waals surface area contributed by atoms with Crippen molar-refractivity contribution in [1.29, 1.82) is 0 Å². The van der Waals surface area contributed by atoms with Crippen molar-refractivity contribution in [2.24, 2.45) is 0 Å². The van der Waals surface area contributed by atoms with Crippen LogP contribution in [0.2, 0.25) is 0 Å². The van der Waals surface area contributed by atoms with Crippen LogP contribution >= 0.6 is 0 Å². The Balaban J connectivity index is 1.88. The first-order chi connectivity index (χ1) is 17.7. The highest BCUT2D eigenvalue weighted by atomic mass is 32.2. The van der Waals surface area contributed by atoms with E-state index in [1.165, 1.54) is 31.2 Å². The number of anilines is 2. The first kappa shape index (κ1) is 28.9.